The molecule has 3 amide bonds. The number of aromatic nitrogens is 3. The van der Waals surface area contributed by atoms with Crippen LogP contribution in [0.1, 0.15) is 29.8 Å². The number of nitrogens with zero attached hydrogens (tertiary/aromatic N) is 4. The first-order valence-corrected chi connectivity index (χ1v) is 10.1. The van der Waals surface area contributed by atoms with Gasteiger partial charge in [-0.2, -0.15) is 5.10 Å². The Kier molecular flexibility index (Phi) is 5.12. The summed E-state index contributed by atoms with van der Waals surface area (Å²) in [5, 5.41) is 7.56. The zero-order valence-corrected chi connectivity index (χ0v) is 17.0. The first-order chi connectivity index (χ1) is 13.8. The normalized spacial score (nSPS) is 22.6. The molecule has 9 nitrogen and oxygen atoms in total. The van der Waals surface area contributed by atoms with Crippen LogP contribution in [0.2, 0.25) is 0 Å². The van der Waals surface area contributed by atoms with Gasteiger partial charge in [-0.25, -0.2) is 0 Å². The summed E-state index contributed by atoms with van der Waals surface area (Å²) in [6, 6.07) is 1.08. The molecule has 1 saturated heterocycles. The Labute approximate surface area is 176 Å². The van der Waals surface area contributed by atoms with Gasteiger partial charge < -0.3 is 16.0 Å². The molecule has 3 heterocycles. The number of primary amides is 1. The summed E-state index contributed by atoms with van der Waals surface area (Å²) >= 11 is 12.0. The van der Waals surface area contributed by atoms with Crippen LogP contribution in [-0.2, 0) is 16.1 Å². The third kappa shape index (κ3) is 3.89. The minimum atomic E-state index is -0.758. The lowest BCUT2D eigenvalue weighted by atomic mass is 10.2. The Morgan fingerprint density at radius 3 is 2.79 bits per heavy atom. The zero-order chi connectivity index (χ0) is 20.8. The lowest BCUT2D eigenvalue weighted by molar-refractivity contribution is -0.139. The van der Waals surface area contributed by atoms with Gasteiger partial charge in [-0.1, -0.05) is 0 Å². The van der Waals surface area contributed by atoms with Gasteiger partial charge in [0.15, 0.2) is 5.69 Å². The van der Waals surface area contributed by atoms with Gasteiger partial charge in [-0.15, -0.1) is 23.2 Å². The molecule has 1 aliphatic carbocycles. The number of likely N-dealkylation sites (tertiary alicyclic amines) is 1. The second-order valence-corrected chi connectivity index (χ2v) is 8.96. The Hall–Kier alpha value is -2.39. The van der Waals surface area contributed by atoms with Crippen molar-refractivity contribution in [3.63, 3.8) is 0 Å². The van der Waals surface area contributed by atoms with Crippen LogP contribution >= 0.6 is 23.2 Å². The van der Waals surface area contributed by atoms with Gasteiger partial charge in [-0.05, 0) is 25.3 Å². The van der Waals surface area contributed by atoms with Crippen molar-refractivity contribution in [2.75, 3.05) is 13.1 Å². The van der Waals surface area contributed by atoms with Crippen molar-refractivity contribution in [3.8, 4) is 0 Å². The molecular formula is C18H20Cl2N6O3. The van der Waals surface area contributed by atoms with E-state index in [1.807, 2.05) is 0 Å². The molecule has 154 valence electrons. The predicted molar refractivity (Wildman–Crippen MR) is 106 cm³/mol. The highest BCUT2D eigenvalue weighted by Gasteiger charge is 2.51. The third-order valence-electron chi connectivity index (χ3n) is 5.43. The fraction of sp³-hybridized carbons (Fsp3) is 0.500. The molecule has 2 aliphatic rings. The van der Waals surface area contributed by atoms with Gasteiger partial charge in [0.1, 0.15) is 16.9 Å². The monoisotopic (exact) mass is 438 g/mol. The largest absolute Gasteiger partial charge is 0.364 e. The standard InChI is InChI=1S/C18H20Cl2N6O3/c19-18(20)6-10(18)7-23-17(29)12-2-1-5-25(12)14(27)9-26-13-8-22-4-3-11(13)15(24-26)16(21)28/h3-4,8,10,12H,1-2,5-7,9H2,(H2,21,28)(H,23,29)/t10-,12+/m1/s1. The summed E-state index contributed by atoms with van der Waals surface area (Å²) in [7, 11) is 0. The van der Waals surface area contributed by atoms with E-state index in [-0.39, 0.29) is 30.0 Å². The number of nitrogens with two attached hydrogens (primary N) is 1. The number of nitrogens with one attached hydrogen (secondary N) is 1. The van der Waals surface area contributed by atoms with Gasteiger partial charge >= 0.3 is 0 Å². The molecule has 1 aliphatic heterocycles. The quantitative estimate of drug-likeness (QED) is 0.646. The van der Waals surface area contributed by atoms with Gasteiger partial charge in [0, 0.05) is 30.6 Å². The highest BCUT2D eigenvalue weighted by Crippen LogP contribution is 2.52. The number of rotatable bonds is 6. The summed E-state index contributed by atoms with van der Waals surface area (Å²) in [4.78, 5) is 42.7. The van der Waals surface area contributed by atoms with Gasteiger partial charge in [0.2, 0.25) is 11.8 Å². The van der Waals surface area contributed by atoms with Crippen molar-refractivity contribution in [3.05, 3.63) is 24.2 Å². The van der Waals surface area contributed by atoms with E-state index in [0.717, 1.165) is 6.42 Å². The Bertz CT molecular complexity index is 991. The number of hydrogen-bond donors (Lipinski definition) is 2. The molecule has 2 fully saturated rings. The van der Waals surface area contributed by atoms with E-state index in [1.165, 1.54) is 17.1 Å². The summed E-state index contributed by atoms with van der Waals surface area (Å²) < 4.78 is 0.642. The van der Waals surface area contributed by atoms with Crippen molar-refractivity contribution in [1.82, 2.24) is 25.0 Å². The highest BCUT2D eigenvalue weighted by molar-refractivity contribution is 6.50. The molecule has 4 rings (SSSR count). The van der Waals surface area contributed by atoms with Crippen LogP contribution in [0.5, 0.6) is 0 Å². The predicted octanol–water partition coefficient (Wildman–Crippen LogP) is 0.831. The topological polar surface area (TPSA) is 123 Å². The molecule has 29 heavy (non-hydrogen) atoms. The maximum absolute atomic E-state index is 12.9. The molecule has 2 aromatic heterocycles. The molecule has 2 aromatic rings. The summed E-state index contributed by atoms with van der Waals surface area (Å²) in [6.45, 7) is 0.756. The first-order valence-electron chi connectivity index (χ1n) is 9.33. The maximum atomic E-state index is 12.9. The number of carbonyl (C=O) groups excluding carboxylic acids is 3. The van der Waals surface area contributed by atoms with Gasteiger partial charge in [-0.3, -0.25) is 24.0 Å². The second-order valence-electron chi connectivity index (χ2n) is 7.42. The maximum Gasteiger partial charge on any atom is 0.269 e. The SMILES string of the molecule is NC(=O)c1nn(CC(=O)N2CCC[C@H]2C(=O)NC[C@H]2CC2(Cl)Cl)c2cnccc12. The molecular weight excluding hydrogens is 419 g/mol. The molecule has 11 heteroatoms. The Morgan fingerprint density at radius 1 is 1.34 bits per heavy atom. The number of carbonyl (C=O) groups is 3. The van der Waals surface area contributed by atoms with Gasteiger partial charge in [0.25, 0.3) is 5.91 Å². The van der Waals surface area contributed by atoms with Crippen LogP contribution < -0.4 is 11.1 Å². The molecule has 2 atom stereocenters. The molecule has 3 N–H and O–H groups in total. The molecule has 0 unspecified atom stereocenters. The van der Waals surface area contributed by atoms with E-state index >= 15 is 0 Å². The average molecular weight is 439 g/mol. The third-order valence-corrected chi connectivity index (χ3v) is 6.35. The highest BCUT2D eigenvalue weighted by atomic mass is 35.5. The number of amides is 3. The van der Waals surface area contributed by atoms with Crippen molar-refractivity contribution in [1.29, 1.82) is 0 Å². The fourth-order valence-electron chi connectivity index (χ4n) is 3.71. The molecule has 0 aromatic carbocycles. The van der Waals surface area contributed by atoms with Crippen molar-refractivity contribution in [2.45, 2.75) is 36.2 Å². The minimum absolute atomic E-state index is 0.0375. The Balaban J connectivity index is 1.46. The van der Waals surface area contributed by atoms with Crippen molar-refractivity contribution < 1.29 is 14.4 Å². The lowest BCUT2D eigenvalue weighted by Gasteiger charge is -2.24. The fourth-order valence-corrected chi connectivity index (χ4v) is 4.24. The van der Waals surface area contributed by atoms with E-state index in [0.29, 0.717) is 36.8 Å². The average Bonchev–Trinajstić information content (AvgIpc) is 3.06. The first kappa shape index (κ1) is 19.9. The summed E-state index contributed by atoms with van der Waals surface area (Å²) in [5.41, 5.74) is 6.00. The van der Waals surface area contributed by atoms with Crippen molar-refractivity contribution in [2.24, 2.45) is 11.7 Å². The molecule has 0 spiro atoms. The van der Waals surface area contributed by atoms with E-state index < -0.39 is 16.3 Å². The van der Waals surface area contributed by atoms with E-state index in [2.05, 4.69) is 15.4 Å². The van der Waals surface area contributed by atoms with Crippen LogP contribution in [0.4, 0.5) is 0 Å². The van der Waals surface area contributed by atoms with Gasteiger partial charge in [0.05, 0.1) is 11.7 Å². The summed E-state index contributed by atoms with van der Waals surface area (Å²) in [5.74, 6) is -1.12. The van der Waals surface area contributed by atoms with Crippen molar-refractivity contribution >= 4 is 51.8 Å². The van der Waals surface area contributed by atoms with Crippen LogP contribution in [0.15, 0.2) is 18.5 Å². The van der Waals surface area contributed by atoms with Crippen LogP contribution in [0, 0.1) is 5.92 Å². The second kappa shape index (κ2) is 7.46. The number of halogens is 2. The van der Waals surface area contributed by atoms with Crippen LogP contribution in [0.3, 0.4) is 0 Å². The number of pyridine rings is 1. The number of alkyl halides is 2. The minimum Gasteiger partial charge on any atom is -0.364 e. The molecule has 0 bridgehead atoms. The molecule has 1 saturated carbocycles. The molecule has 0 radical (unpaired) electrons. The van der Waals surface area contributed by atoms with E-state index in [4.69, 9.17) is 28.9 Å². The van der Waals surface area contributed by atoms with Crippen LogP contribution in [0.25, 0.3) is 10.9 Å². The lowest BCUT2D eigenvalue weighted by Crippen LogP contribution is -2.47. The number of fused-ring (bicyclic) bond motifs is 1. The van der Waals surface area contributed by atoms with E-state index in [1.54, 1.807) is 11.0 Å². The Morgan fingerprint density at radius 2 is 2.10 bits per heavy atom. The summed E-state index contributed by atoms with van der Waals surface area (Å²) in [6.07, 6.45) is 5.02. The smallest absolute Gasteiger partial charge is 0.269 e. The number of hydrogen-bond acceptors (Lipinski definition) is 5. The zero-order valence-electron chi connectivity index (χ0n) is 15.5. The van der Waals surface area contributed by atoms with E-state index in [9.17, 15) is 14.4 Å². The van der Waals surface area contributed by atoms with Crippen LogP contribution in [-0.4, -0.2) is 60.9 Å².